The fourth-order valence-corrected chi connectivity index (χ4v) is 2.76. The summed E-state index contributed by atoms with van der Waals surface area (Å²) in [6.45, 7) is 0. The summed E-state index contributed by atoms with van der Waals surface area (Å²) in [5.41, 5.74) is 0.877. The fourth-order valence-electron chi connectivity index (χ4n) is 1.63. The maximum absolute atomic E-state index is 12.8. The molecule has 0 bridgehead atoms. The van der Waals surface area contributed by atoms with Gasteiger partial charge in [0.1, 0.15) is 11.6 Å². The van der Waals surface area contributed by atoms with E-state index in [0.717, 1.165) is 5.56 Å². The molecule has 4 heteroatoms. The average molecular weight is 264 g/mol. The zero-order valence-electron chi connectivity index (χ0n) is 9.93. The van der Waals surface area contributed by atoms with Crippen LogP contribution in [0, 0.1) is 5.82 Å². The van der Waals surface area contributed by atoms with Gasteiger partial charge in [-0.3, -0.25) is 4.21 Å². The molecule has 0 heterocycles. The summed E-state index contributed by atoms with van der Waals surface area (Å²) in [6.07, 6.45) is 0. The van der Waals surface area contributed by atoms with Crippen molar-refractivity contribution in [3.63, 3.8) is 0 Å². The van der Waals surface area contributed by atoms with Gasteiger partial charge in [0.25, 0.3) is 0 Å². The number of hydrogen-bond donors (Lipinski definition) is 0. The summed E-state index contributed by atoms with van der Waals surface area (Å²) in [7, 11) is 0.382. The van der Waals surface area contributed by atoms with Gasteiger partial charge < -0.3 is 4.74 Å². The smallest absolute Gasteiger partial charge is 0.123 e. The molecule has 0 aliphatic heterocycles. The van der Waals surface area contributed by atoms with Crippen molar-refractivity contribution < 1.29 is 13.3 Å². The molecule has 2 aromatic carbocycles. The third-order valence-electron chi connectivity index (χ3n) is 2.56. The summed E-state index contributed by atoms with van der Waals surface area (Å²) >= 11 is 0. The molecule has 0 N–H and O–H groups in total. The van der Waals surface area contributed by atoms with Gasteiger partial charge in [0.15, 0.2) is 0 Å². The standard InChI is InChI=1S/C14H13FO2S/c1-17-14-5-3-2-4-11(14)10-18(16)13-8-6-12(15)7-9-13/h2-9H,10H2,1H3. The molecule has 2 aromatic rings. The molecule has 0 aliphatic rings. The van der Waals surface area contributed by atoms with Crippen LogP contribution in [-0.4, -0.2) is 11.3 Å². The van der Waals surface area contributed by atoms with Gasteiger partial charge in [0.05, 0.1) is 23.7 Å². The first-order valence-electron chi connectivity index (χ1n) is 5.46. The fraction of sp³-hybridized carbons (Fsp3) is 0.143. The van der Waals surface area contributed by atoms with Gasteiger partial charge in [-0.25, -0.2) is 4.39 Å². The van der Waals surface area contributed by atoms with Gasteiger partial charge in [0.2, 0.25) is 0 Å². The van der Waals surface area contributed by atoms with Crippen LogP contribution in [0.4, 0.5) is 4.39 Å². The van der Waals surface area contributed by atoms with E-state index in [1.54, 1.807) is 19.2 Å². The summed E-state index contributed by atoms with van der Waals surface area (Å²) in [6, 6.07) is 13.2. The van der Waals surface area contributed by atoms with Crippen molar-refractivity contribution in [2.45, 2.75) is 10.6 Å². The number of ether oxygens (including phenoxy) is 1. The lowest BCUT2D eigenvalue weighted by Crippen LogP contribution is -1.99. The molecule has 0 spiro atoms. The summed E-state index contributed by atoms with van der Waals surface area (Å²) in [5, 5.41) is 0. The maximum atomic E-state index is 12.8. The Morgan fingerprint density at radius 1 is 1.11 bits per heavy atom. The highest BCUT2D eigenvalue weighted by Gasteiger charge is 2.09. The highest BCUT2D eigenvalue weighted by Crippen LogP contribution is 2.21. The molecule has 0 aromatic heterocycles. The van der Waals surface area contributed by atoms with Crippen molar-refractivity contribution in [1.29, 1.82) is 0 Å². The molecule has 0 aliphatic carbocycles. The van der Waals surface area contributed by atoms with Crippen LogP contribution in [0.2, 0.25) is 0 Å². The monoisotopic (exact) mass is 264 g/mol. The number of rotatable bonds is 4. The topological polar surface area (TPSA) is 26.3 Å². The zero-order chi connectivity index (χ0) is 13.0. The molecule has 0 amide bonds. The van der Waals surface area contributed by atoms with E-state index in [-0.39, 0.29) is 5.82 Å². The molecule has 0 fully saturated rings. The Labute approximate surface area is 108 Å². The molecular weight excluding hydrogens is 251 g/mol. The second-order valence-corrected chi connectivity index (χ2v) is 5.21. The summed E-state index contributed by atoms with van der Waals surface area (Å²) in [5.74, 6) is 0.747. The van der Waals surface area contributed by atoms with Crippen LogP contribution in [0.25, 0.3) is 0 Å². The molecule has 2 rings (SSSR count). The molecule has 0 radical (unpaired) electrons. The van der Waals surface area contributed by atoms with Gasteiger partial charge in [-0.2, -0.15) is 0 Å². The van der Waals surface area contributed by atoms with Crippen molar-refractivity contribution >= 4 is 10.8 Å². The lowest BCUT2D eigenvalue weighted by atomic mass is 10.2. The molecular formula is C14H13FO2S. The van der Waals surface area contributed by atoms with E-state index in [0.29, 0.717) is 16.4 Å². The number of halogens is 1. The van der Waals surface area contributed by atoms with Crippen molar-refractivity contribution in [2.24, 2.45) is 0 Å². The Bertz CT molecular complexity index is 552. The number of benzene rings is 2. The first kappa shape index (κ1) is 12.8. The number of methoxy groups -OCH3 is 1. The molecule has 94 valence electrons. The number of para-hydroxylation sites is 1. The maximum Gasteiger partial charge on any atom is 0.123 e. The summed E-state index contributed by atoms with van der Waals surface area (Å²) < 4.78 is 30.1. The minimum Gasteiger partial charge on any atom is -0.496 e. The van der Waals surface area contributed by atoms with E-state index in [2.05, 4.69) is 0 Å². The van der Waals surface area contributed by atoms with Crippen molar-refractivity contribution in [2.75, 3.05) is 7.11 Å². The van der Waals surface area contributed by atoms with Crippen LogP contribution in [0.1, 0.15) is 5.56 Å². The van der Waals surface area contributed by atoms with Crippen LogP contribution in [0.15, 0.2) is 53.4 Å². The van der Waals surface area contributed by atoms with E-state index >= 15 is 0 Å². The highest BCUT2D eigenvalue weighted by molar-refractivity contribution is 7.84. The Morgan fingerprint density at radius 3 is 2.44 bits per heavy atom. The Hall–Kier alpha value is -1.68. The van der Waals surface area contributed by atoms with Gasteiger partial charge in [-0.1, -0.05) is 18.2 Å². The van der Waals surface area contributed by atoms with Gasteiger partial charge in [-0.05, 0) is 30.3 Å². The zero-order valence-corrected chi connectivity index (χ0v) is 10.7. The third kappa shape index (κ3) is 2.96. The van der Waals surface area contributed by atoms with E-state index in [9.17, 15) is 8.60 Å². The molecule has 2 nitrogen and oxygen atoms in total. The minimum atomic E-state index is -1.20. The largest absolute Gasteiger partial charge is 0.496 e. The van der Waals surface area contributed by atoms with Crippen LogP contribution in [-0.2, 0) is 16.6 Å². The second-order valence-electron chi connectivity index (χ2n) is 3.76. The lowest BCUT2D eigenvalue weighted by molar-refractivity contribution is 0.411. The van der Waals surface area contributed by atoms with Crippen LogP contribution in [0.5, 0.6) is 5.75 Å². The van der Waals surface area contributed by atoms with Gasteiger partial charge in [0, 0.05) is 10.5 Å². The normalized spacial score (nSPS) is 12.1. The van der Waals surface area contributed by atoms with Crippen LogP contribution < -0.4 is 4.74 Å². The third-order valence-corrected chi connectivity index (χ3v) is 3.93. The predicted octanol–water partition coefficient (Wildman–Crippen LogP) is 3.14. The van der Waals surface area contributed by atoms with E-state index in [1.807, 2.05) is 24.3 Å². The first-order valence-corrected chi connectivity index (χ1v) is 6.78. The minimum absolute atomic E-state index is 0.326. The Morgan fingerprint density at radius 2 is 1.78 bits per heavy atom. The van der Waals surface area contributed by atoms with E-state index < -0.39 is 10.8 Å². The lowest BCUT2D eigenvalue weighted by Gasteiger charge is -2.07. The molecule has 0 saturated carbocycles. The SMILES string of the molecule is COc1ccccc1CS(=O)c1ccc(F)cc1. The summed E-state index contributed by atoms with van der Waals surface area (Å²) in [4.78, 5) is 0.613. The molecule has 1 unspecified atom stereocenters. The average Bonchev–Trinajstić information content (AvgIpc) is 2.40. The molecule has 18 heavy (non-hydrogen) atoms. The highest BCUT2D eigenvalue weighted by atomic mass is 32.2. The number of hydrogen-bond acceptors (Lipinski definition) is 2. The Kier molecular flexibility index (Phi) is 4.10. The van der Waals surface area contributed by atoms with Crippen LogP contribution >= 0.6 is 0 Å². The van der Waals surface area contributed by atoms with Crippen molar-refractivity contribution in [1.82, 2.24) is 0 Å². The van der Waals surface area contributed by atoms with Gasteiger partial charge >= 0.3 is 0 Å². The second kappa shape index (κ2) is 5.78. The Balaban J connectivity index is 2.18. The van der Waals surface area contributed by atoms with Gasteiger partial charge in [-0.15, -0.1) is 0 Å². The first-order chi connectivity index (χ1) is 8.70. The van der Waals surface area contributed by atoms with Crippen LogP contribution in [0.3, 0.4) is 0 Å². The molecule has 0 saturated heterocycles. The predicted molar refractivity (Wildman–Crippen MR) is 69.5 cm³/mol. The van der Waals surface area contributed by atoms with E-state index in [4.69, 9.17) is 4.74 Å². The van der Waals surface area contributed by atoms with Crippen molar-refractivity contribution in [3.05, 3.63) is 59.9 Å². The van der Waals surface area contributed by atoms with Crippen molar-refractivity contribution in [3.8, 4) is 5.75 Å². The molecule has 1 atom stereocenters. The van der Waals surface area contributed by atoms with E-state index in [1.165, 1.54) is 12.1 Å². The quantitative estimate of drug-likeness (QED) is 0.848.